The highest BCUT2D eigenvalue weighted by Crippen LogP contribution is 2.24. The number of carbonyl (C=O) groups excluding carboxylic acids is 1. The van der Waals surface area contributed by atoms with Crippen molar-refractivity contribution in [2.75, 3.05) is 16.4 Å². The van der Waals surface area contributed by atoms with Gasteiger partial charge in [0.15, 0.2) is 0 Å². The van der Waals surface area contributed by atoms with Crippen molar-refractivity contribution >= 4 is 34.7 Å². The Bertz CT molecular complexity index is 619. The monoisotopic (exact) mass is 279 g/mol. The van der Waals surface area contributed by atoms with Crippen LogP contribution in [0.5, 0.6) is 0 Å². The van der Waals surface area contributed by atoms with Gasteiger partial charge in [-0.05, 0) is 36.4 Å². The van der Waals surface area contributed by atoms with Crippen LogP contribution in [0.15, 0.2) is 42.5 Å². The molecule has 4 N–H and O–H groups in total. The molecule has 0 saturated heterocycles. The lowest BCUT2D eigenvalue weighted by Crippen LogP contribution is -2.19. The van der Waals surface area contributed by atoms with Crippen LogP contribution < -0.4 is 16.4 Å². The minimum atomic E-state index is -0.516. The second-order valence-electron chi connectivity index (χ2n) is 3.83. The van der Waals surface area contributed by atoms with Crippen LogP contribution >= 0.6 is 11.6 Å². The molecule has 6 heteroatoms. The van der Waals surface area contributed by atoms with Gasteiger partial charge < -0.3 is 16.4 Å². The van der Waals surface area contributed by atoms with Crippen molar-refractivity contribution in [3.05, 3.63) is 53.3 Å². The standard InChI is InChI=1S/C13H11ClFN3O/c14-11-7-9(16)4-5-12(11)18-13(19)17-10-3-1-2-8(15)6-10/h1-7H,16H2,(H2,17,18,19). The Labute approximate surface area is 114 Å². The highest BCUT2D eigenvalue weighted by molar-refractivity contribution is 6.34. The Morgan fingerprint density at radius 3 is 2.63 bits per heavy atom. The maximum atomic E-state index is 12.9. The van der Waals surface area contributed by atoms with E-state index in [2.05, 4.69) is 10.6 Å². The number of amides is 2. The molecule has 0 aliphatic carbocycles. The van der Waals surface area contributed by atoms with Crippen LogP contribution in [0.25, 0.3) is 0 Å². The molecule has 19 heavy (non-hydrogen) atoms. The van der Waals surface area contributed by atoms with Gasteiger partial charge in [0.25, 0.3) is 0 Å². The van der Waals surface area contributed by atoms with Crippen LogP contribution in [0.4, 0.5) is 26.2 Å². The molecule has 0 aliphatic heterocycles. The molecule has 0 heterocycles. The summed E-state index contributed by atoms with van der Waals surface area (Å²) in [7, 11) is 0. The van der Waals surface area contributed by atoms with Gasteiger partial charge in [-0.1, -0.05) is 17.7 Å². The number of urea groups is 1. The maximum Gasteiger partial charge on any atom is 0.323 e. The van der Waals surface area contributed by atoms with Gasteiger partial charge in [-0.2, -0.15) is 0 Å². The van der Waals surface area contributed by atoms with Crippen molar-refractivity contribution < 1.29 is 9.18 Å². The first kappa shape index (κ1) is 13.2. The van der Waals surface area contributed by atoms with Gasteiger partial charge in [0.05, 0.1) is 10.7 Å². The molecule has 0 spiro atoms. The van der Waals surface area contributed by atoms with Crippen LogP contribution in [-0.2, 0) is 0 Å². The van der Waals surface area contributed by atoms with Gasteiger partial charge in [0, 0.05) is 11.4 Å². The van der Waals surface area contributed by atoms with E-state index in [0.717, 1.165) is 0 Å². The molecule has 4 nitrogen and oxygen atoms in total. The van der Waals surface area contributed by atoms with Crippen LogP contribution in [0.2, 0.25) is 5.02 Å². The number of hydrogen-bond acceptors (Lipinski definition) is 2. The molecule has 2 aromatic rings. The number of anilines is 3. The average Bonchev–Trinajstić information content (AvgIpc) is 2.33. The van der Waals surface area contributed by atoms with E-state index < -0.39 is 11.8 Å². The van der Waals surface area contributed by atoms with E-state index in [0.29, 0.717) is 22.1 Å². The Hall–Kier alpha value is -2.27. The molecular formula is C13H11ClFN3O. The van der Waals surface area contributed by atoms with Gasteiger partial charge >= 0.3 is 6.03 Å². The number of nitrogens with two attached hydrogens (primary N) is 1. The van der Waals surface area contributed by atoms with E-state index in [1.807, 2.05) is 0 Å². The minimum absolute atomic E-state index is 0.328. The fraction of sp³-hybridized carbons (Fsp3) is 0. The predicted molar refractivity (Wildman–Crippen MR) is 74.9 cm³/mol. The Morgan fingerprint density at radius 2 is 1.95 bits per heavy atom. The lowest BCUT2D eigenvalue weighted by Gasteiger charge is -2.09. The van der Waals surface area contributed by atoms with Gasteiger partial charge in [-0.15, -0.1) is 0 Å². The van der Waals surface area contributed by atoms with E-state index in [1.165, 1.54) is 24.3 Å². The zero-order valence-electron chi connectivity index (χ0n) is 9.78. The first-order valence-electron chi connectivity index (χ1n) is 5.43. The summed E-state index contributed by atoms with van der Waals surface area (Å²) in [6.07, 6.45) is 0. The largest absolute Gasteiger partial charge is 0.399 e. The zero-order chi connectivity index (χ0) is 13.8. The third kappa shape index (κ3) is 3.59. The summed E-state index contributed by atoms with van der Waals surface area (Å²) in [5.74, 6) is -0.427. The number of nitrogen functional groups attached to an aromatic ring is 1. The molecule has 0 fully saturated rings. The predicted octanol–water partition coefficient (Wildman–Crippen LogP) is 3.71. The molecular weight excluding hydrogens is 269 g/mol. The summed E-state index contributed by atoms with van der Waals surface area (Å²) in [4.78, 5) is 11.7. The fourth-order valence-corrected chi connectivity index (χ4v) is 1.72. The van der Waals surface area contributed by atoms with Crippen molar-refractivity contribution in [2.24, 2.45) is 0 Å². The lowest BCUT2D eigenvalue weighted by atomic mass is 10.3. The molecule has 0 saturated carbocycles. The Morgan fingerprint density at radius 1 is 1.16 bits per heavy atom. The van der Waals surface area contributed by atoms with Crippen molar-refractivity contribution in [3.63, 3.8) is 0 Å². The molecule has 2 aromatic carbocycles. The first-order valence-corrected chi connectivity index (χ1v) is 5.81. The highest BCUT2D eigenvalue weighted by atomic mass is 35.5. The van der Waals surface area contributed by atoms with Crippen molar-refractivity contribution in [2.45, 2.75) is 0 Å². The third-order valence-corrected chi connectivity index (χ3v) is 2.64. The number of hydrogen-bond donors (Lipinski definition) is 3. The normalized spacial score (nSPS) is 10.0. The van der Waals surface area contributed by atoms with Crippen LogP contribution in [0, 0.1) is 5.82 Å². The van der Waals surface area contributed by atoms with Crippen LogP contribution in [0.3, 0.4) is 0 Å². The van der Waals surface area contributed by atoms with Crippen molar-refractivity contribution in [1.29, 1.82) is 0 Å². The first-order chi connectivity index (χ1) is 9.04. The van der Waals surface area contributed by atoms with E-state index in [-0.39, 0.29) is 0 Å². The van der Waals surface area contributed by atoms with Crippen LogP contribution in [-0.4, -0.2) is 6.03 Å². The Kier molecular flexibility index (Phi) is 3.87. The van der Waals surface area contributed by atoms with Crippen LogP contribution in [0.1, 0.15) is 0 Å². The fourth-order valence-electron chi connectivity index (χ4n) is 1.48. The molecule has 98 valence electrons. The number of halogens is 2. The zero-order valence-corrected chi connectivity index (χ0v) is 10.5. The second-order valence-corrected chi connectivity index (χ2v) is 4.24. The van der Waals surface area contributed by atoms with Gasteiger partial charge in [0.1, 0.15) is 5.82 Å². The van der Waals surface area contributed by atoms with E-state index >= 15 is 0 Å². The summed E-state index contributed by atoms with van der Waals surface area (Å²) in [6, 6.07) is 9.79. The number of nitrogens with one attached hydrogen (secondary N) is 2. The lowest BCUT2D eigenvalue weighted by molar-refractivity contribution is 0.262. The molecule has 0 bridgehead atoms. The summed E-state index contributed by atoms with van der Waals surface area (Å²) >= 11 is 5.92. The summed E-state index contributed by atoms with van der Waals surface area (Å²) < 4.78 is 12.9. The SMILES string of the molecule is Nc1ccc(NC(=O)Nc2cccc(F)c2)c(Cl)c1. The minimum Gasteiger partial charge on any atom is -0.399 e. The number of benzene rings is 2. The second kappa shape index (κ2) is 5.58. The number of rotatable bonds is 2. The molecule has 2 amide bonds. The summed E-state index contributed by atoms with van der Waals surface area (Å²) in [5.41, 5.74) is 6.82. The van der Waals surface area contributed by atoms with Crippen molar-refractivity contribution in [3.8, 4) is 0 Å². The van der Waals surface area contributed by atoms with E-state index in [4.69, 9.17) is 17.3 Å². The van der Waals surface area contributed by atoms with E-state index in [1.54, 1.807) is 18.2 Å². The smallest absolute Gasteiger partial charge is 0.323 e. The maximum absolute atomic E-state index is 12.9. The topological polar surface area (TPSA) is 67.1 Å². The number of carbonyl (C=O) groups is 1. The molecule has 0 aliphatic rings. The molecule has 0 radical (unpaired) electrons. The molecule has 0 unspecified atom stereocenters. The molecule has 2 rings (SSSR count). The summed E-state index contributed by atoms with van der Waals surface area (Å²) in [6.45, 7) is 0. The van der Waals surface area contributed by atoms with Gasteiger partial charge in [0.2, 0.25) is 0 Å². The molecule has 0 atom stereocenters. The third-order valence-electron chi connectivity index (χ3n) is 2.32. The quantitative estimate of drug-likeness (QED) is 0.734. The average molecular weight is 280 g/mol. The van der Waals surface area contributed by atoms with Gasteiger partial charge in [-0.3, -0.25) is 0 Å². The van der Waals surface area contributed by atoms with E-state index in [9.17, 15) is 9.18 Å². The Balaban J connectivity index is 2.05. The highest BCUT2D eigenvalue weighted by Gasteiger charge is 2.06. The molecule has 0 aromatic heterocycles. The van der Waals surface area contributed by atoms with Crippen molar-refractivity contribution in [1.82, 2.24) is 0 Å². The summed E-state index contributed by atoms with van der Waals surface area (Å²) in [5, 5.41) is 5.37. The van der Waals surface area contributed by atoms with Gasteiger partial charge in [-0.25, -0.2) is 9.18 Å².